The lowest BCUT2D eigenvalue weighted by molar-refractivity contribution is 0.882. The van der Waals surface area contributed by atoms with E-state index in [9.17, 15) is 0 Å². The SMILES string of the molecule is CC1=CN=C=CN=C1C(C)C. The molecule has 1 aliphatic heterocycles. The summed E-state index contributed by atoms with van der Waals surface area (Å²) in [7, 11) is 0. The van der Waals surface area contributed by atoms with Crippen molar-refractivity contribution in [3.05, 3.63) is 18.0 Å². The Hall–Kier alpha value is -1.14. The lowest BCUT2D eigenvalue weighted by atomic mass is 10.0. The number of nitrogens with zero attached hydrogens (tertiary/aromatic N) is 2. The second kappa shape index (κ2) is 3.31. The van der Waals surface area contributed by atoms with Crippen LogP contribution in [0.15, 0.2) is 28.0 Å². The Balaban J connectivity index is 2.97. The molecule has 0 aliphatic carbocycles. The molecule has 0 aromatic rings. The van der Waals surface area contributed by atoms with Gasteiger partial charge in [0.2, 0.25) is 0 Å². The van der Waals surface area contributed by atoms with Crippen LogP contribution in [0, 0.1) is 5.92 Å². The molecule has 0 radical (unpaired) electrons. The fourth-order valence-corrected chi connectivity index (χ4v) is 1.04. The van der Waals surface area contributed by atoms with Gasteiger partial charge in [-0.1, -0.05) is 13.8 Å². The molecular formula is C9H12N2. The van der Waals surface area contributed by atoms with Crippen LogP contribution in [0.25, 0.3) is 0 Å². The van der Waals surface area contributed by atoms with Crippen LogP contribution < -0.4 is 0 Å². The van der Waals surface area contributed by atoms with Gasteiger partial charge in [-0.15, -0.1) is 0 Å². The van der Waals surface area contributed by atoms with Gasteiger partial charge in [-0.05, 0) is 18.4 Å². The molecule has 2 nitrogen and oxygen atoms in total. The molecule has 2 heteroatoms. The molecule has 0 spiro atoms. The fourth-order valence-electron chi connectivity index (χ4n) is 1.04. The standard InChI is InChI=1S/C9H12N2/c1-7(2)9-8(3)6-10-4-5-11-9/h5-7H,1-3H3. The number of aliphatic imine (C=N–C) groups is 2. The van der Waals surface area contributed by atoms with Crippen LogP contribution in [0.3, 0.4) is 0 Å². The van der Waals surface area contributed by atoms with Crippen molar-refractivity contribution in [3.63, 3.8) is 0 Å². The van der Waals surface area contributed by atoms with Gasteiger partial charge in [0.15, 0.2) is 0 Å². The summed E-state index contributed by atoms with van der Waals surface area (Å²) < 4.78 is 0. The Labute approximate surface area is 67.1 Å². The van der Waals surface area contributed by atoms with Crippen LogP contribution in [-0.2, 0) is 0 Å². The van der Waals surface area contributed by atoms with Crippen molar-refractivity contribution in [3.8, 4) is 0 Å². The van der Waals surface area contributed by atoms with Crippen molar-refractivity contribution in [2.24, 2.45) is 15.9 Å². The maximum absolute atomic E-state index is 4.22. The third kappa shape index (κ3) is 1.89. The average molecular weight is 148 g/mol. The van der Waals surface area contributed by atoms with Crippen LogP contribution in [0.5, 0.6) is 0 Å². The first kappa shape index (κ1) is 7.96. The van der Waals surface area contributed by atoms with Gasteiger partial charge in [0.25, 0.3) is 0 Å². The van der Waals surface area contributed by atoms with Crippen molar-refractivity contribution in [2.45, 2.75) is 20.8 Å². The lowest BCUT2D eigenvalue weighted by Gasteiger charge is -2.06. The van der Waals surface area contributed by atoms with Crippen molar-refractivity contribution in [1.82, 2.24) is 0 Å². The van der Waals surface area contributed by atoms with E-state index in [4.69, 9.17) is 0 Å². The van der Waals surface area contributed by atoms with E-state index in [1.54, 1.807) is 12.4 Å². The van der Waals surface area contributed by atoms with Gasteiger partial charge >= 0.3 is 0 Å². The van der Waals surface area contributed by atoms with Gasteiger partial charge in [0.05, 0.1) is 6.20 Å². The highest BCUT2D eigenvalue weighted by atomic mass is 14.8. The number of allylic oxidation sites excluding steroid dienone is 1. The van der Waals surface area contributed by atoms with Crippen LogP contribution in [0.2, 0.25) is 0 Å². The first-order valence-electron chi connectivity index (χ1n) is 3.73. The highest BCUT2D eigenvalue weighted by molar-refractivity contribution is 6.02. The number of hydrogen-bond acceptors (Lipinski definition) is 2. The van der Waals surface area contributed by atoms with E-state index in [1.165, 1.54) is 0 Å². The van der Waals surface area contributed by atoms with Gasteiger partial charge in [0.1, 0.15) is 0 Å². The summed E-state index contributed by atoms with van der Waals surface area (Å²) in [6.07, 6.45) is 3.41. The normalized spacial score (nSPS) is 16.4. The molecule has 0 bridgehead atoms. The third-order valence-corrected chi connectivity index (χ3v) is 1.55. The maximum atomic E-state index is 4.22. The minimum absolute atomic E-state index is 0.456. The second-order valence-corrected chi connectivity index (χ2v) is 2.87. The quantitative estimate of drug-likeness (QED) is 0.544. The maximum Gasteiger partial charge on any atom is 0.0885 e. The van der Waals surface area contributed by atoms with Crippen molar-refractivity contribution in [1.29, 1.82) is 0 Å². The molecule has 0 aromatic carbocycles. The topological polar surface area (TPSA) is 24.7 Å². The highest BCUT2D eigenvalue weighted by Gasteiger charge is 2.06. The molecule has 0 amide bonds. The van der Waals surface area contributed by atoms with E-state index >= 15 is 0 Å². The number of hydrogen-bond donors (Lipinski definition) is 0. The molecule has 0 saturated heterocycles. The molecule has 0 fully saturated rings. The summed E-state index contributed by atoms with van der Waals surface area (Å²) in [4.78, 5) is 8.12. The summed E-state index contributed by atoms with van der Waals surface area (Å²) in [5, 5.41) is 0. The first-order chi connectivity index (χ1) is 5.22. The molecule has 11 heavy (non-hydrogen) atoms. The van der Waals surface area contributed by atoms with E-state index < -0.39 is 0 Å². The molecule has 1 rings (SSSR count). The van der Waals surface area contributed by atoms with E-state index in [1.807, 2.05) is 6.92 Å². The monoisotopic (exact) mass is 148 g/mol. The van der Waals surface area contributed by atoms with Crippen LogP contribution in [-0.4, -0.2) is 11.6 Å². The minimum atomic E-state index is 0.456. The molecule has 1 heterocycles. The Morgan fingerprint density at radius 1 is 1.45 bits per heavy atom. The molecule has 0 atom stereocenters. The summed E-state index contributed by atoms with van der Waals surface area (Å²) >= 11 is 0. The Morgan fingerprint density at radius 2 is 2.18 bits per heavy atom. The zero-order valence-electron chi connectivity index (χ0n) is 7.13. The van der Waals surface area contributed by atoms with E-state index in [2.05, 4.69) is 29.7 Å². The fraction of sp³-hybridized carbons (Fsp3) is 0.444. The Kier molecular flexibility index (Phi) is 2.40. The highest BCUT2D eigenvalue weighted by Crippen LogP contribution is 2.09. The predicted octanol–water partition coefficient (Wildman–Crippen LogP) is 2.18. The van der Waals surface area contributed by atoms with E-state index in [0.29, 0.717) is 5.92 Å². The van der Waals surface area contributed by atoms with Crippen molar-refractivity contribution in [2.75, 3.05) is 0 Å². The third-order valence-electron chi connectivity index (χ3n) is 1.55. The molecule has 1 aliphatic rings. The smallest absolute Gasteiger partial charge is 0.0885 e. The summed E-state index contributed by atoms with van der Waals surface area (Å²) in [5.41, 5.74) is 2.22. The lowest BCUT2D eigenvalue weighted by Crippen LogP contribution is -2.07. The summed E-state index contributed by atoms with van der Waals surface area (Å²) in [6, 6.07) is 0. The molecule has 0 unspecified atom stereocenters. The van der Waals surface area contributed by atoms with Gasteiger partial charge in [-0.3, -0.25) is 4.99 Å². The summed E-state index contributed by atoms with van der Waals surface area (Å²) in [6.45, 7) is 6.26. The van der Waals surface area contributed by atoms with Gasteiger partial charge < -0.3 is 0 Å². The Bertz CT molecular complexity index is 263. The summed E-state index contributed by atoms with van der Waals surface area (Å²) in [5.74, 6) is 3.15. The van der Waals surface area contributed by atoms with Gasteiger partial charge in [-0.25, -0.2) is 4.99 Å². The van der Waals surface area contributed by atoms with Crippen LogP contribution in [0.4, 0.5) is 0 Å². The van der Waals surface area contributed by atoms with Gasteiger partial charge in [-0.2, -0.15) is 0 Å². The number of rotatable bonds is 1. The Morgan fingerprint density at radius 3 is 2.82 bits per heavy atom. The predicted molar refractivity (Wildman–Crippen MR) is 48.0 cm³/mol. The van der Waals surface area contributed by atoms with Crippen LogP contribution in [0.1, 0.15) is 20.8 Å². The zero-order chi connectivity index (χ0) is 8.27. The molecule has 0 N–H and O–H groups in total. The zero-order valence-corrected chi connectivity index (χ0v) is 7.13. The largest absolute Gasteiger partial charge is 0.251 e. The van der Waals surface area contributed by atoms with Crippen molar-refractivity contribution < 1.29 is 0 Å². The van der Waals surface area contributed by atoms with Crippen molar-refractivity contribution >= 4 is 11.6 Å². The second-order valence-electron chi connectivity index (χ2n) is 2.87. The van der Waals surface area contributed by atoms with Crippen LogP contribution >= 0.6 is 0 Å². The van der Waals surface area contributed by atoms with E-state index in [0.717, 1.165) is 11.3 Å². The van der Waals surface area contributed by atoms with Gasteiger partial charge in [0, 0.05) is 17.8 Å². The minimum Gasteiger partial charge on any atom is -0.251 e. The molecule has 58 valence electrons. The molecule has 0 aromatic heterocycles. The molecular weight excluding hydrogens is 136 g/mol. The molecule has 0 saturated carbocycles. The van der Waals surface area contributed by atoms with E-state index in [-0.39, 0.29) is 0 Å². The average Bonchev–Trinajstić information content (AvgIpc) is 2.13. The first-order valence-corrected chi connectivity index (χ1v) is 3.73.